The van der Waals surface area contributed by atoms with Crippen molar-refractivity contribution in [2.75, 3.05) is 0 Å². The van der Waals surface area contributed by atoms with Gasteiger partial charge in [0.2, 0.25) is 0 Å². The third-order valence-electron chi connectivity index (χ3n) is 1.30. The molecule has 1 rings (SSSR count). The first kappa shape index (κ1) is 10.6. The molecule has 0 saturated heterocycles. The zero-order valence-electron chi connectivity index (χ0n) is 6.31. The Bertz CT molecular complexity index is 357. The molecule has 0 bridgehead atoms. The lowest BCUT2D eigenvalue weighted by Gasteiger charge is -2.08. The van der Waals surface area contributed by atoms with Gasteiger partial charge in [-0.3, -0.25) is 4.79 Å². The molecular formula is C7H5F3INO. The highest BCUT2D eigenvalue weighted by Crippen LogP contribution is 2.16. The Labute approximate surface area is 85.5 Å². The fourth-order valence-electron chi connectivity index (χ4n) is 0.819. The molecule has 0 aliphatic carbocycles. The van der Waals surface area contributed by atoms with Crippen molar-refractivity contribution in [1.82, 2.24) is 4.57 Å². The Kier molecular flexibility index (Phi) is 2.99. The highest BCUT2D eigenvalue weighted by atomic mass is 127. The lowest BCUT2D eigenvalue weighted by molar-refractivity contribution is -0.141. The van der Waals surface area contributed by atoms with E-state index in [1.54, 1.807) is 0 Å². The minimum absolute atomic E-state index is 0.599. The van der Waals surface area contributed by atoms with Crippen LogP contribution in [0.25, 0.3) is 0 Å². The summed E-state index contributed by atoms with van der Waals surface area (Å²) in [4.78, 5) is 10.9. The lowest BCUT2D eigenvalue weighted by atomic mass is 10.4. The van der Waals surface area contributed by atoms with E-state index in [9.17, 15) is 18.0 Å². The van der Waals surface area contributed by atoms with E-state index < -0.39 is 18.3 Å². The summed E-state index contributed by atoms with van der Waals surface area (Å²) < 4.78 is 36.9. The maximum Gasteiger partial charge on any atom is 0.406 e. The van der Waals surface area contributed by atoms with Crippen molar-refractivity contribution in [1.29, 1.82) is 0 Å². The van der Waals surface area contributed by atoms with Crippen molar-refractivity contribution < 1.29 is 13.2 Å². The summed E-state index contributed by atoms with van der Waals surface area (Å²) in [6, 6.07) is 2.59. The van der Waals surface area contributed by atoms with Gasteiger partial charge in [0, 0.05) is 15.8 Å². The fraction of sp³-hybridized carbons (Fsp3) is 0.286. The van der Waals surface area contributed by atoms with Gasteiger partial charge in [-0.1, -0.05) is 0 Å². The van der Waals surface area contributed by atoms with Crippen molar-refractivity contribution in [2.45, 2.75) is 12.7 Å². The SMILES string of the molecule is O=c1ccc(I)cn1CC(F)(F)F. The maximum atomic E-state index is 11.9. The molecule has 0 spiro atoms. The van der Waals surface area contributed by atoms with E-state index in [4.69, 9.17) is 0 Å². The van der Waals surface area contributed by atoms with Crippen LogP contribution in [0.15, 0.2) is 23.1 Å². The van der Waals surface area contributed by atoms with Crippen LogP contribution in [-0.4, -0.2) is 10.7 Å². The molecule has 1 heterocycles. The van der Waals surface area contributed by atoms with E-state index in [1.807, 2.05) is 22.6 Å². The first-order valence-corrected chi connectivity index (χ1v) is 4.39. The number of alkyl halides is 3. The van der Waals surface area contributed by atoms with Gasteiger partial charge in [0.1, 0.15) is 6.54 Å². The number of pyridine rings is 1. The number of halogens is 4. The van der Waals surface area contributed by atoms with Gasteiger partial charge in [0.05, 0.1) is 0 Å². The van der Waals surface area contributed by atoms with E-state index in [0.29, 0.717) is 8.14 Å². The molecule has 0 aliphatic heterocycles. The average Bonchev–Trinajstić information content (AvgIpc) is 1.94. The van der Waals surface area contributed by atoms with Crippen molar-refractivity contribution in [3.8, 4) is 0 Å². The number of nitrogens with zero attached hydrogens (tertiary/aromatic N) is 1. The van der Waals surface area contributed by atoms with Crippen molar-refractivity contribution in [3.05, 3.63) is 32.3 Å². The quantitative estimate of drug-likeness (QED) is 0.728. The van der Waals surface area contributed by atoms with E-state index in [2.05, 4.69) is 0 Å². The molecule has 0 aromatic carbocycles. The van der Waals surface area contributed by atoms with E-state index in [-0.39, 0.29) is 0 Å². The Hall–Kier alpha value is -0.530. The van der Waals surface area contributed by atoms with Gasteiger partial charge in [-0.25, -0.2) is 0 Å². The maximum absolute atomic E-state index is 11.9. The highest BCUT2D eigenvalue weighted by molar-refractivity contribution is 14.1. The smallest absolute Gasteiger partial charge is 0.305 e. The first-order chi connectivity index (χ1) is 5.88. The Balaban J connectivity index is 3.01. The summed E-state index contributed by atoms with van der Waals surface area (Å²) >= 11 is 1.85. The monoisotopic (exact) mass is 303 g/mol. The Morgan fingerprint density at radius 3 is 2.54 bits per heavy atom. The van der Waals surface area contributed by atoms with E-state index in [0.717, 1.165) is 6.07 Å². The molecule has 2 nitrogen and oxygen atoms in total. The fourth-order valence-corrected chi connectivity index (χ4v) is 1.33. The van der Waals surface area contributed by atoms with Crippen LogP contribution < -0.4 is 5.56 Å². The third-order valence-corrected chi connectivity index (χ3v) is 1.94. The molecule has 0 N–H and O–H groups in total. The number of hydrogen-bond donors (Lipinski definition) is 0. The second kappa shape index (κ2) is 3.69. The average molecular weight is 303 g/mol. The van der Waals surface area contributed by atoms with Crippen LogP contribution in [0.2, 0.25) is 0 Å². The molecule has 0 aliphatic rings. The molecule has 0 atom stereocenters. The zero-order valence-corrected chi connectivity index (χ0v) is 8.46. The topological polar surface area (TPSA) is 22.0 Å². The molecule has 0 saturated carbocycles. The van der Waals surface area contributed by atoms with Crippen LogP contribution in [0.3, 0.4) is 0 Å². The van der Waals surface area contributed by atoms with Crippen LogP contribution >= 0.6 is 22.6 Å². The summed E-state index contributed by atoms with van der Waals surface area (Å²) in [5.41, 5.74) is -0.641. The van der Waals surface area contributed by atoms with Crippen LogP contribution in [0.5, 0.6) is 0 Å². The van der Waals surface area contributed by atoms with Crippen molar-refractivity contribution in [2.24, 2.45) is 0 Å². The summed E-state index contributed by atoms with van der Waals surface area (Å²) in [5.74, 6) is 0. The van der Waals surface area contributed by atoms with Crippen molar-refractivity contribution >= 4 is 22.6 Å². The molecule has 0 unspecified atom stereocenters. The Morgan fingerprint density at radius 1 is 1.38 bits per heavy atom. The third kappa shape index (κ3) is 3.37. The molecular weight excluding hydrogens is 298 g/mol. The van der Waals surface area contributed by atoms with Gasteiger partial charge in [0.25, 0.3) is 5.56 Å². The first-order valence-electron chi connectivity index (χ1n) is 3.31. The standard InChI is InChI=1S/C7H5F3INO/c8-7(9,10)4-12-3-5(11)1-2-6(12)13/h1-3H,4H2. The predicted octanol–water partition coefficient (Wildman–Crippen LogP) is 2.02. The molecule has 0 fully saturated rings. The van der Waals surface area contributed by atoms with Gasteiger partial charge in [-0.05, 0) is 28.7 Å². The zero-order chi connectivity index (χ0) is 10.1. The summed E-state index contributed by atoms with van der Waals surface area (Å²) in [6.45, 7) is -1.23. The molecule has 72 valence electrons. The minimum atomic E-state index is -4.35. The van der Waals surface area contributed by atoms with Gasteiger partial charge >= 0.3 is 6.18 Å². The van der Waals surface area contributed by atoms with Gasteiger partial charge in [0.15, 0.2) is 0 Å². The van der Waals surface area contributed by atoms with E-state index >= 15 is 0 Å². The highest BCUT2D eigenvalue weighted by Gasteiger charge is 2.28. The molecule has 0 amide bonds. The summed E-state index contributed by atoms with van der Waals surface area (Å²) in [5, 5.41) is 0. The molecule has 1 aromatic heterocycles. The van der Waals surface area contributed by atoms with Crippen LogP contribution in [0.4, 0.5) is 13.2 Å². The summed E-state index contributed by atoms with van der Waals surface area (Å²) in [6.07, 6.45) is -3.18. The van der Waals surface area contributed by atoms with Gasteiger partial charge in [-0.2, -0.15) is 13.2 Å². The number of rotatable bonds is 1. The number of aromatic nitrogens is 1. The van der Waals surface area contributed by atoms with Crippen molar-refractivity contribution in [3.63, 3.8) is 0 Å². The van der Waals surface area contributed by atoms with Crippen LogP contribution in [-0.2, 0) is 6.54 Å². The largest absolute Gasteiger partial charge is 0.406 e. The normalized spacial score (nSPS) is 11.7. The lowest BCUT2D eigenvalue weighted by Crippen LogP contribution is -2.27. The Morgan fingerprint density at radius 2 is 2.00 bits per heavy atom. The molecule has 6 heteroatoms. The predicted molar refractivity (Wildman–Crippen MR) is 49.5 cm³/mol. The minimum Gasteiger partial charge on any atom is -0.305 e. The molecule has 13 heavy (non-hydrogen) atoms. The van der Waals surface area contributed by atoms with Gasteiger partial charge < -0.3 is 4.57 Å². The number of hydrogen-bond acceptors (Lipinski definition) is 1. The summed E-state index contributed by atoms with van der Waals surface area (Å²) in [7, 11) is 0. The van der Waals surface area contributed by atoms with E-state index in [1.165, 1.54) is 12.3 Å². The molecule has 1 aromatic rings. The second-order valence-corrected chi connectivity index (χ2v) is 3.67. The van der Waals surface area contributed by atoms with Crippen LogP contribution in [0.1, 0.15) is 0 Å². The van der Waals surface area contributed by atoms with Crippen LogP contribution in [0, 0.1) is 3.57 Å². The molecule has 0 radical (unpaired) electrons. The second-order valence-electron chi connectivity index (χ2n) is 2.43. The van der Waals surface area contributed by atoms with Gasteiger partial charge in [-0.15, -0.1) is 0 Å².